The average molecular weight is 469 g/mol. The minimum Gasteiger partial charge on any atom is -0.491 e. The van der Waals surface area contributed by atoms with Crippen molar-refractivity contribution in [2.24, 2.45) is 0 Å². The van der Waals surface area contributed by atoms with Gasteiger partial charge in [0.05, 0.1) is 23.2 Å². The lowest BCUT2D eigenvalue weighted by molar-refractivity contribution is 0.200. The molecule has 1 aromatic heterocycles. The number of rotatable bonds is 6. The second-order valence-electron chi connectivity index (χ2n) is 9.53. The summed E-state index contributed by atoms with van der Waals surface area (Å²) in [6, 6.07) is 20.0. The summed E-state index contributed by atoms with van der Waals surface area (Å²) in [6.45, 7) is 4.16. The standard InChI is InChI=1S/C30H32N2O3/c1-20-18-24(19-21(2)28(20)35-17-16-33)29-31-27-11-7-6-10-26(27)30(34)32(29)25-14-12-23(13-15-25)22-8-4-3-5-9-22/h6-7,10-15,18-19,22,33H,3-5,8-9,16-17H2,1-2H3. The molecule has 0 amide bonds. The zero-order chi connectivity index (χ0) is 24.4. The quantitative estimate of drug-likeness (QED) is 0.372. The highest BCUT2D eigenvalue weighted by Gasteiger charge is 2.19. The molecule has 0 spiro atoms. The zero-order valence-corrected chi connectivity index (χ0v) is 20.5. The van der Waals surface area contributed by atoms with E-state index in [0.29, 0.717) is 22.6 Å². The molecule has 5 rings (SSSR count). The molecule has 0 bridgehead atoms. The molecule has 1 aliphatic carbocycles. The molecular weight excluding hydrogens is 436 g/mol. The highest BCUT2D eigenvalue weighted by molar-refractivity contribution is 5.80. The number of aromatic nitrogens is 2. The summed E-state index contributed by atoms with van der Waals surface area (Å²) >= 11 is 0. The van der Waals surface area contributed by atoms with Crippen molar-refractivity contribution in [1.82, 2.24) is 9.55 Å². The molecule has 5 nitrogen and oxygen atoms in total. The monoisotopic (exact) mass is 468 g/mol. The number of benzene rings is 3. The summed E-state index contributed by atoms with van der Waals surface area (Å²) in [5.74, 6) is 1.98. The molecule has 1 N–H and O–H groups in total. The van der Waals surface area contributed by atoms with Gasteiger partial charge in [-0.2, -0.15) is 0 Å². The van der Waals surface area contributed by atoms with Crippen molar-refractivity contribution in [1.29, 1.82) is 0 Å². The molecule has 1 heterocycles. The third-order valence-corrected chi connectivity index (χ3v) is 7.06. The van der Waals surface area contributed by atoms with E-state index in [2.05, 4.69) is 24.3 Å². The number of hydrogen-bond donors (Lipinski definition) is 1. The van der Waals surface area contributed by atoms with Crippen LogP contribution in [0.1, 0.15) is 54.7 Å². The Morgan fingerprint density at radius 1 is 0.971 bits per heavy atom. The fourth-order valence-corrected chi connectivity index (χ4v) is 5.35. The number of aliphatic hydroxyl groups is 1. The number of ether oxygens (including phenoxy) is 1. The first-order valence-electron chi connectivity index (χ1n) is 12.5. The molecule has 4 aromatic rings. The van der Waals surface area contributed by atoms with Gasteiger partial charge in [0.15, 0.2) is 0 Å². The van der Waals surface area contributed by atoms with Crippen LogP contribution in [0.2, 0.25) is 0 Å². The van der Waals surface area contributed by atoms with E-state index in [1.54, 1.807) is 4.57 Å². The largest absolute Gasteiger partial charge is 0.491 e. The molecule has 5 heteroatoms. The van der Waals surface area contributed by atoms with Gasteiger partial charge in [0.25, 0.3) is 5.56 Å². The van der Waals surface area contributed by atoms with Crippen molar-refractivity contribution >= 4 is 10.9 Å². The van der Waals surface area contributed by atoms with E-state index in [9.17, 15) is 4.79 Å². The van der Waals surface area contributed by atoms with Crippen LogP contribution < -0.4 is 10.3 Å². The van der Waals surface area contributed by atoms with Crippen LogP contribution in [0.4, 0.5) is 0 Å². The third-order valence-electron chi connectivity index (χ3n) is 7.06. The summed E-state index contributed by atoms with van der Waals surface area (Å²) in [5, 5.41) is 9.77. The second-order valence-corrected chi connectivity index (χ2v) is 9.53. The van der Waals surface area contributed by atoms with Crippen LogP contribution in [-0.2, 0) is 0 Å². The van der Waals surface area contributed by atoms with Crippen molar-refractivity contribution in [2.45, 2.75) is 51.9 Å². The van der Waals surface area contributed by atoms with Crippen molar-refractivity contribution in [3.05, 3.63) is 87.7 Å². The Kier molecular flexibility index (Phi) is 6.69. The molecule has 0 atom stereocenters. The lowest BCUT2D eigenvalue weighted by Gasteiger charge is -2.22. The summed E-state index contributed by atoms with van der Waals surface area (Å²) in [6.07, 6.45) is 6.40. The number of aliphatic hydroxyl groups excluding tert-OH is 1. The molecule has 0 saturated heterocycles. The Balaban J connectivity index is 1.65. The first-order chi connectivity index (χ1) is 17.1. The molecule has 0 radical (unpaired) electrons. The van der Waals surface area contributed by atoms with E-state index in [0.717, 1.165) is 28.1 Å². The number of fused-ring (bicyclic) bond motifs is 1. The molecule has 0 unspecified atom stereocenters. The predicted molar refractivity (Wildman–Crippen MR) is 141 cm³/mol. The van der Waals surface area contributed by atoms with Crippen molar-refractivity contribution in [2.75, 3.05) is 13.2 Å². The maximum absolute atomic E-state index is 13.8. The van der Waals surface area contributed by atoms with Gasteiger partial charge in [-0.25, -0.2) is 4.98 Å². The molecule has 1 aliphatic rings. The van der Waals surface area contributed by atoms with Crippen LogP contribution in [0, 0.1) is 13.8 Å². The first kappa shape index (κ1) is 23.3. The number of aryl methyl sites for hydroxylation is 2. The van der Waals surface area contributed by atoms with Crippen LogP contribution in [0.15, 0.2) is 65.5 Å². The van der Waals surface area contributed by atoms with Crippen LogP contribution in [0.25, 0.3) is 28.0 Å². The van der Waals surface area contributed by atoms with Crippen LogP contribution in [0.3, 0.4) is 0 Å². The van der Waals surface area contributed by atoms with Gasteiger partial charge in [-0.05, 0) is 85.7 Å². The van der Waals surface area contributed by atoms with E-state index in [-0.39, 0.29) is 18.8 Å². The lowest BCUT2D eigenvalue weighted by atomic mass is 9.84. The highest BCUT2D eigenvalue weighted by atomic mass is 16.5. The van der Waals surface area contributed by atoms with Gasteiger partial charge in [-0.3, -0.25) is 9.36 Å². The van der Waals surface area contributed by atoms with Crippen LogP contribution in [-0.4, -0.2) is 27.9 Å². The minimum absolute atomic E-state index is 0.0384. The maximum atomic E-state index is 13.8. The summed E-state index contributed by atoms with van der Waals surface area (Å²) < 4.78 is 7.48. The number of nitrogens with zero attached hydrogens (tertiary/aromatic N) is 2. The van der Waals surface area contributed by atoms with E-state index in [4.69, 9.17) is 14.8 Å². The van der Waals surface area contributed by atoms with Gasteiger partial charge in [0.2, 0.25) is 0 Å². The molecule has 1 saturated carbocycles. The molecule has 180 valence electrons. The Labute approximate surface area is 206 Å². The van der Waals surface area contributed by atoms with Gasteiger partial charge in [-0.1, -0.05) is 43.5 Å². The van der Waals surface area contributed by atoms with Gasteiger partial charge >= 0.3 is 0 Å². The SMILES string of the molecule is Cc1cc(-c2nc3ccccc3c(=O)n2-c2ccc(C3CCCCC3)cc2)cc(C)c1OCCO. The minimum atomic E-state index is -0.0769. The first-order valence-corrected chi connectivity index (χ1v) is 12.5. The molecule has 3 aromatic carbocycles. The summed E-state index contributed by atoms with van der Waals surface area (Å²) in [4.78, 5) is 18.7. The topological polar surface area (TPSA) is 64.4 Å². The van der Waals surface area contributed by atoms with E-state index in [1.165, 1.54) is 37.7 Å². The molecule has 1 fully saturated rings. The Morgan fingerprint density at radius 3 is 2.34 bits per heavy atom. The van der Waals surface area contributed by atoms with Crippen molar-refractivity contribution < 1.29 is 9.84 Å². The van der Waals surface area contributed by atoms with E-state index in [1.807, 2.05) is 50.2 Å². The smallest absolute Gasteiger partial charge is 0.266 e. The van der Waals surface area contributed by atoms with E-state index < -0.39 is 0 Å². The van der Waals surface area contributed by atoms with Crippen molar-refractivity contribution in [3.8, 4) is 22.8 Å². The van der Waals surface area contributed by atoms with Crippen molar-refractivity contribution in [3.63, 3.8) is 0 Å². The number of para-hydroxylation sites is 1. The highest BCUT2D eigenvalue weighted by Crippen LogP contribution is 2.34. The predicted octanol–water partition coefficient (Wildman–Crippen LogP) is 6.09. The van der Waals surface area contributed by atoms with Crippen LogP contribution in [0.5, 0.6) is 5.75 Å². The van der Waals surface area contributed by atoms with Gasteiger partial charge in [-0.15, -0.1) is 0 Å². The Morgan fingerprint density at radius 2 is 1.66 bits per heavy atom. The fraction of sp³-hybridized carbons (Fsp3) is 0.333. The van der Waals surface area contributed by atoms with Gasteiger partial charge in [0, 0.05) is 5.56 Å². The van der Waals surface area contributed by atoms with E-state index >= 15 is 0 Å². The average Bonchev–Trinajstić information content (AvgIpc) is 2.89. The van der Waals surface area contributed by atoms with Gasteiger partial charge in [0.1, 0.15) is 18.2 Å². The summed E-state index contributed by atoms with van der Waals surface area (Å²) in [5.41, 5.74) is 5.51. The Bertz CT molecular complexity index is 1380. The molecule has 0 aliphatic heterocycles. The fourth-order valence-electron chi connectivity index (χ4n) is 5.35. The molecular formula is C30H32N2O3. The lowest BCUT2D eigenvalue weighted by Crippen LogP contribution is -2.22. The Hall–Kier alpha value is -3.44. The summed E-state index contributed by atoms with van der Waals surface area (Å²) in [7, 11) is 0. The third kappa shape index (κ3) is 4.61. The maximum Gasteiger partial charge on any atom is 0.266 e. The number of hydrogen-bond acceptors (Lipinski definition) is 4. The second kappa shape index (κ2) is 10.0. The van der Waals surface area contributed by atoms with Crippen LogP contribution >= 0.6 is 0 Å². The van der Waals surface area contributed by atoms with Gasteiger partial charge < -0.3 is 9.84 Å². The normalized spacial score (nSPS) is 14.4. The zero-order valence-electron chi connectivity index (χ0n) is 20.5. The molecule has 35 heavy (non-hydrogen) atoms.